The topological polar surface area (TPSA) is 94.4 Å². The molecule has 0 spiro atoms. The van der Waals surface area contributed by atoms with Gasteiger partial charge in [-0.05, 0) is 76.9 Å². The largest absolute Gasteiger partial charge is 0.489 e. The number of benzene rings is 1. The van der Waals surface area contributed by atoms with Crippen molar-refractivity contribution in [2.45, 2.75) is 77.5 Å². The highest BCUT2D eigenvalue weighted by Gasteiger charge is 2.33. The summed E-state index contributed by atoms with van der Waals surface area (Å²) in [6.07, 6.45) is 5.45. The number of pyridine rings is 2. The number of rotatable bonds is 5. The number of halogens is 2. The van der Waals surface area contributed by atoms with Gasteiger partial charge in [0.25, 0.3) is 0 Å². The highest BCUT2D eigenvalue weighted by Crippen LogP contribution is 2.38. The molecule has 9 nitrogen and oxygen atoms in total. The van der Waals surface area contributed by atoms with Gasteiger partial charge in [-0.1, -0.05) is 0 Å². The van der Waals surface area contributed by atoms with E-state index < -0.39 is 17.2 Å². The van der Waals surface area contributed by atoms with Gasteiger partial charge in [0.05, 0.1) is 17.9 Å². The standard InChI is InChI=1S/C32H36F2N6O3/c1-31(2,3)43-30(41)39-12-9-20(10-13-39)42-21-6-7-26(35-17-21)37-27-16-22(24(34)18-36-27)19-14-23(33)29-25(15-19)40-28(38-29)8-11-32(40,4)5/h6-7,14-18,20H,8-13H2,1-5H3,(H,35,36,37). The van der Waals surface area contributed by atoms with Crippen molar-refractivity contribution < 1.29 is 23.0 Å². The average molecular weight is 591 g/mol. The number of anilines is 2. The molecule has 0 atom stereocenters. The molecule has 226 valence electrons. The number of ether oxygens (including phenoxy) is 2. The molecule has 3 aromatic heterocycles. The second kappa shape index (κ2) is 10.8. The van der Waals surface area contributed by atoms with Crippen LogP contribution in [0.15, 0.2) is 42.7 Å². The first-order valence-corrected chi connectivity index (χ1v) is 14.6. The Kier molecular flexibility index (Phi) is 7.22. The fourth-order valence-electron chi connectivity index (χ4n) is 5.77. The molecule has 0 aliphatic carbocycles. The third-order valence-corrected chi connectivity index (χ3v) is 7.90. The van der Waals surface area contributed by atoms with Crippen LogP contribution in [0.25, 0.3) is 22.2 Å². The van der Waals surface area contributed by atoms with Crippen LogP contribution in [-0.4, -0.2) is 55.3 Å². The molecule has 0 unspecified atom stereocenters. The zero-order chi connectivity index (χ0) is 30.5. The van der Waals surface area contributed by atoms with E-state index in [2.05, 4.69) is 38.7 Å². The van der Waals surface area contributed by atoms with Crippen LogP contribution in [0.3, 0.4) is 0 Å². The fraction of sp³-hybridized carbons (Fsp3) is 0.438. The Hall–Kier alpha value is -4.28. The lowest BCUT2D eigenvalue weighted by atomic mass is 10.0. The summed E-state index contributed by atoms with van der Waals surface area (Å²) in [4.78, 5) is 27.1. The minimum absolute atomic E-state index is 0.0408. The first kappa shape index (κ1) is 28.8. The molecule has 0 bridgehead atoms. The first-order valence-electron chi connectivity index (χ1n) is 14.6. The van der Waals surface area contributed by atoms with Crippen LogP contribution in [0.2, 0.25) is 0 Å². The zero-order valence-corrected chi connectivity index (χ0v) is 25.1. The Morgan fingerprint density at radius 3 is 2.47 bits per heavy atom. The Morgan fingerprint density at radius 2 is 1.77 bits per heavy atom. The molecule has 43 heavy (non-hydrogen) atoms. The number of imidazole rings is 1. The van der Waals surface area contributed by atoms with E-state index in [9.17, 15) is 9.18 Å². The van der Waals surface area contributed by atoms with E-state index in [0.29, 0.717) is 59.9 Å². The normalized spacial score (nSPS) is 16.8. The second-order valence-corrected chi connectivity index (χ2v) is 12.8. The van der Waals surface area contributed by atoms with Gasteiger partial charge >= 0.3 is 6.09 Å². The summed E-state index contributed by atoms with van der Waals surface area (Å²) in [6, 6.07) is 8.21. The van der Waals surface area contributed by atoms with Crippen molar-refractivity contribution in [2.24, 2.45) is 0 Å². The number of nitrogens with one attached hydrogen (secondary N) is 1. The van der Waals surface area contributed by atoms with Gasteiger partial charge in [-0.25, -0.2) is 28.5 Å². The van der Waals surface area contributed by atoms with Crippen molar-refractivity contribution in [2.75, 3.05) is 18.4 Å². The average Bonchev–Trinajstić information content (AvgIpc) is 3.47. The predicted octanol–water partition coefficient (Wildman–Crippen LogP) is 6.97. The maximum atomic E-state index is 15.2. The second-order valence-electron chi connectivity index (χ2n) is 12.8. The number of aryl methyl sites for hydroxylation is 1. The van der Waals surface area contributed by atoms with Crippen molar-refractivity contribution in [1.29, 1.82) is 0 Å². The summed E-state index contributed by atoms with van der Waals surface area (Å²) in [7, 11) is 0. The zero-order valence-electron chi connectivity index (χ0n) is 25.1. The van der Waals surface area contributed by atoms with Gasteiger partial charge in [0.2, 0.25) is 0 Å². The molecule has 6 rings (SSSR count). The van der Waals surface area contributed by atoms with E-state index in [4.69, 9.17) is 9.47 Å². The van der Waals surface area contributed by atoms with Crippen molar-refractivity contribution in [3.8, 4) is 16.9 Å². The maximum absolute atomic E-state index is 15.2. The number of carbonyl (C=O) groups is 1. The smallest absolute Gasteiger partial charge is 0.410 e. The third kappa shape index (κ3) is 5.98. The molecule has 0 saturated carbocycles. The van der Waals surface area contributed by atoms with Crippen molar-refractivity contribution in [3.05, 3.63) is 60.2 Å². The van der Waals surface area contributed by atoms with E-state index >= 15 is 4.39 Å². The van der Waals surface area contributed by atoms with Crippen LogP contribution < -0.4 is 10.1 Å². The summed E-state index contributed by atoms with van der Waals surface area (Å²) < 4.78 is 43.8. The molecule has 11 heteroatoms. The van der Waals surface area contributed by atoms with Crippen LogP contribution in [0.5, 0.6) is 5.75 Å². The van der Waals surface area contributed by atoms with Gasteiger partial charge in [-0.15, -0.1) is 0 Å². The first-order chi connectivity index (χ1) is 20.4. The van der Waals surface area contributed by atoms with Gasteiger partial charge in [-0.3, -0.25) is 0 Å². The monoisotopic (exact) mass is 590 g/mol. The number of piperidine rings is 1. The Balaban J connectivity index is 1.13. The number of likely N-dealkylation sites (tertiary alicyclic amines) is 1. The number of carbonyl (C=O) groups excluding carboxylic acids is 1. The minimum Gasteiger partial charge on any atom is -0.489 e. The number of amides is 1. The number of hydrogen-bond acceptors (Lipinski definition) is 7. The molecule has 0 radical (unpaired) electrons. The van der Waals surface area contributed by atoms with E-state index in [1.807, 2.05) is 20.8 Å². The van der Waals surface area contributed by atoms with Crippen LogP contribution in [-0.2, 0) is 16.7 Å². The number of fused-ring (bicyclic) bond motifs is 3. The van der Waals surface area contributed by atoms with Crippen molar-refractivity contribution in [1.82, 2.24) is 24.4 Å². The summed E-state index contributed by atoms with van der Waals surface area (Å²) in [5.74, 6) is 1.27. The minimum atomic E-state index is -0.556. The number of nitrogens with zero attached hydrogens (tertiary/aromatic N) is 5. The van der Waals surface area contributed by atoms with E-state index in [1.165, 1.54) is 6.07 Å². The predicted molar refractivity (Wildman–Crippen MR) is 159 cm³/mol. The molecule has 1 amide bonds. The summed E-state index contributed by atoms with van der Waals surface area (Å²) in [5, 5.41) is 3.10. The van der Waals surface area contributed by atoms with Gasteiger partial charge in [0.1, 0.15) is 46.2 Å². The van der Waals surface area contributed by atoms with E-state index in [0.717, 1.165) is 24.9 Å². The lowest BCUT2D eigenvalue weighted by Gasteiger charge is -2.33. The van der Waals surface area contributed by atoms with E-state index in [1.54, 1.807) is 35.4 Å². The molecule has 1 saturated heterocycles. The lowest BCUT2D eigenvalue weighted by Crippen LogP contribution is -2.44. The van der Waals surface area contributed by atoms with Crippen LogP contribution >= 0.6 is 0 Å². The summed E-state index contributed by atoms with van der Waals surface area (Å²) >= 11 is 0. The van der Waals surface area contributed by atoms with Gasteiger partial charge in [-0.2, -0.15) is 0 Å². The van der Waals surface area contributed by atoms with E-state index in [-0.39, 0.29) is 23.3 Å². The van der Waals surface area contributed by atoms with Gasteiger partial charge in [0.15, 0.2) is 5.82 Å². The Bertz CT molecular complexity index is 1670. The molecule has 1 aromatic carbocycles. The van der Waals surface area contributed by atoms with Crippen LogP contribution in [0, 0.1) is 11.6 Å². The molecule has 5 heterocycles. The molecule has 1 fully saturated rings. The molecule has 2 aliphatic rings. The molecule has 2 aliphatic heterocycles. The van der Waals surface area contributed by atoms with Gasteiger partial charge in [0, 0.05) is 43.5 Å². The fourth-order valence-corrected chi connectivity index (χ4v) is 5.77. The number of hydrogen-bond donors (Lipinski definition) is 1. The summed E-state index contributed by atoms with van der Waals surface area (Å²) in [6.45, 7) is 10.9. The van der Waals surface area contributed by atoms with Crippen molar-refractivity contribution in [3.63, 3.8) is 0 Å². The van der Waals surface area contributed by atoms with Crippen molar-refractivity contribution >= 4 is 28.8 Å². The SMILES string of the molecule is CC(C)(C)OC(=O)N1CCC(Oc2ccc(Nc3cc(-c4cc(F)c5nc6n(c5c4)C(C)(C)CC6)c(F)cn3)nc2)CC1. The maximum Gasteiger partial charge on any atom is 0.410 e. The molecular weight excluding hydrogens is 554 g/mol. The molecule has 1 N–H and O–H groups in total. The van der Waals surface area contributed by atoms with Gasteiger partial charge < -0.3 is 24.3 Å². The van der Waals surface area contributed by atoms with Crippen LogP contribution in [0.4, 0.5) is 25.2 Å². The quantitative estimate of drug-likeness (QED) is 0.268. The lowest BCUT2D eigenvalue weighted by molar-refractivity contribution is 0.0126. The molecular formula is C32H36F2N6O3. The highest BCUT2D eigenvalue weighted by atomic mass is 19.1. The molecule has 4 aromatic rings. The number of aromatic nitrogens is 4. The highest BCUT2D eigenvalue weighted by molar-refractivity contribution is 5.84. The Labute approximate surface area is 249 Å². The summed E-state index contributed by atoms with van der Waals surface area (Å²) in [5.41, 5.74) is 0.874. The Morgan fingerprint density at radius 1 is 1.02 bits per heavy atom. The third-order valence-electron chi connectivity index (χ3n) is 7.90. The van der Waals surface area contributed by atoms with Crippen LogP contribution in [0.1, 0.15) is 59.7 Å².